The van der Waals surface area contributed by atoms with Crippen molar-refractivity contribution in [2.24, 2.45) is 0 Å². The van der Waals surface area contributed by atoms with Gasteiger partial charge in [0.1, 0.15) is 5.82 Å². The van der Waals surface area contributed by atoms with Gasteiger partial charge in [0.05, 0.1) is 11.4 Å². The van der Waals surface area contributed by atoms with Gasteiger partial charge in [-0.1, -0.05) is 37.3 Å². The standard InChI is InChI=1S/C15H17FN2/c1-2-11-6-3-4-7-12(11)10-18-14-9-5-8-13(16)15(14)17/h3-9,18H,2,10,17H2,1H3. The number of nitrogen functional groups attached to an aromatic ring is 1. The predicted molar refractivity (Wildman–Crippen MR) is 74.0 cm³/mol. The van der Waals surface area contributed by atoms with Crippen LogP contribution in [0.3, 0.4) is 0 Å². The van der Waals surface area contributed by atoms with Crippen molar-refractivity contribution in [1.29, 1.82) is 0 Å². The van der Waals surface area contributed by atoms with Crippen molar-refractivity contribution in [3.63, 3.8) is 0 Å². The zero-order valence-electron chi connectivity index (χ0n) is 10.4. The Morgan fingerprint density at radius 1 is 1.06 bits per heavy atom. The second kappa shape index (κ2) is 5.54. The van der Waals surface area contributed by atoms with Crippen LogP contribution in [0.2, 0.25) is 0 Å². The SMILES string of the molecule is CCc1ccccc1CNc1cccc(F)c1N. The molecule has 2 rings (SSSR count). The van der Waals surface area contributed by atoms with E-state index in [1.54, 1.807) is 12.1 Å². The molecule has 0 fully saturated rings. The van der Waals surface area contributed by atoms with Crippen molar-refractivity contribution < 1.29 is 4.39 Å². The van der Waals surface area contributed by atoms with Gasteiger partial charge in [-0.15, -0.1) is 0 Å². The molecule has 3 N–H and O–H groups in total. The zero-order chi connectivity index (χ0) is 13.0. The maximum Gasteiger partial charge on any atom is 0.148 e. The monoisotopic (exact) mass is 244 g/mol. The summed E-state index contributed by atoms with van der Waals surface area (Å²) in [5, 5.41) is 3.18. The fourth-order valence-electron chi connectivity index (χ4n) is 1.96. The number of para-hydroxylation sites is 1. The summed E-state index contributed by atoms with van der Waals surface area (Å²) >= 11 is 0. The Morgan fingerprint density at radius 2 is 1.78 bits per heavy atom. The van der Waals surface area contributed by atoms with E-state index in [1.807, 2.05) is 12.1 Å². The first-order valence-corrected chi connectivity index (χ1v) is 6.07. The second-order valence-electron chi connectivity index (χ2n) is 4.18. The van der Waals surface area contributed by atoms with Crippen LogP contribution in [0.15, 0.2) is 42.5 Å². The summed E-state index contributed by atoms with van der Waals surface area (Å²) in [6.07, 6.45) is 0.983. The van der Waals surface area contributed by atoms with E-state index in [0.29, 0.717) is 12.2 Å². The van der Waals surface area contributed by atoms with Gasteiger partial charge in [-0.25, -0.2) is 4.39 Å². The molecule has 3 heteroatoms. The number of aryl methyl sites for hydroxylation is 1. The van der Waals surface area contributed by atoms with Crippen LogP contribution in [0.5, 0.6) is 0 Å². The highest BCUT2D eigenvalue weighted by Gasteiger charge is 2.05. The van der Waals surface area contributed by atoms with Crippen molar-refractivity contribution in [1.82, 2.24) is 0 Å². The van der Waals surface area contributed by atoms with Crippen LogP contribution in [0.25, 0.3) is 0 Å². The number of anilines is 2. The number of hydrogen-bond donors (Lipinski definition) is 2. The van der Waals surface area contributed by atoms with Gasteiger partial charge in [0.15, 0.2) is 0 Å². The molecule has 0 radical (unpaired) electrons. The molecule has 2 aromatic carbocycles. The molecule has 0 atom stereocenters. The van der Waals surface area contributed by atoms with Crippen molar-refractivity contribution >= 4 is 11.4 Å². The van der Waals surface area contributed by atoms with E-state index in [0.717, 1.165) is 6.42 Å². The normalized spacial score (nSPS) is 10.3. The minimum Gasteiger partial charge on any atom is -0.395 e. The maximum atomic E-state index is 13.3. The lowest BCUT2D eigenvalue weighted by molar-refractivity contribution is 0.633. The molecule has 18 heavy (non-hydrogen) atoms. The van der Waals surface area contributed by atoms with Crippen LogP contribution in [0, 0.1) is 5.82 Å². The molecule has 0 heterocycles. The first-order valence-electron chi connectivity index (χ1n) is 6.07. The lowest BCUT2D eigenvalue weighted by Crippen LogP contribution is -2.05. The Balaban J connectivity index is 2.14. The maximum absolute atomic E-state index is 13.3. The highest BCUT2D eigenvalue weighted by Crippen LogP contribution is 2.22. The summed E-state index contributed by atoms with van der Waals surface area (Å²) in [6.45, 7) is 2.77. The predicted octanol–water partition coefficient (Wildman–Crippen LogP) is 3.58. The Labute approximate surface area is 107 Å². The van der Waals surface area contributed by atoms with Gasteiger partial charge in [0, 0.05) is 6.54 Å². The average molecular weight is 244 g/mol. The van der Waals surface area contributed by atoms with E-state index in [9.17, 15) is 4.39 Å². The Bertz CT molecular complexity index is 538. The summed E-state index contributed by atoms with van der Waals surface area (Å²) in [4.78, 5) is 0. The van der Waals surface area contributed by atoms with E-state index in [1.165, 1.54) is 17.2 Å². The fourth-order valence-corrected chi connectivity index (χ4v) is 1.96. The summed E-state index contributed by atoms with van der Waals surface area (Å²) in [5.41, 5.74) is 9.00. The topological polar surface area (TPSA) is 38.0 Å². The lowest BCUT2D eigenvalue weighted by atomic mass is 10.1. The molecule has 0 aliphatic rings. The smallest absolute Gasteiger partial charge is 0.148 e. The Kier molecular flexibility index (Phi) is 3.82. The molecular weight excluding hydrogens is 227 g/mol. The van der Waals surface area contributed by atoms with Gasteiger partial charge in [-0.2, -0.15) is 0 Å². The molecule has 0 bridgehead atoms. The third-order valence-electron chi connectivity index (χ3n) is 3.02. The molecule has 0 aliphatic heterocycles. The highest BCUT2D eigenvalue weighted by molar-refractivity contribution is 5.66. The number of nitrogens with one attached hydrogen (secondary N) is 1. The van der Waals surface area contributed by atoms with E-state index >= 15 is 0 Å². The molecule has 0 saturated heterocycles. The van der Waals surface area contributed by atoms with E-state index in [2.05, 4.69) is 24.4 Å². The summed E-state index contributed by atoms with van der Waals surface area (Å²) < 4.78 is 13.3. The third-order valence-corrected chi connectivity index (χ3v) is 3.02. The van der Waals surface area contributed by atoms with Crippen LogP contribution < -0.4 is 11.1 Å². The van der Waals surface area contributed by atoms with Gasteiger partial charge in [-0.05, 0) is 29.7 Å². The first-order chi connectivity index (χ1) is 8.72. The first kappa shape index (κ1) is 12.4. The molecule has 2 aromatic rings. The van der Waals surface area contributed by atoms with E-state index < -0.39 is 0 Å². The number of halogens is 1. The van der Waals surface area contributed by atoms with Crippen LogP contribution in [-0.4, -0.2) is 0 Å². The minimum absolute atomic E-state index is 0.173. The largest absolute Gasteiger partial charge is 0.395 e. The summed E-state index contributed by atoms with van der Waals surface area (Å²) in [5.74, 6) is -0.385. The van der Waals surface area contributed by atoms with Crippen molar-refractivity contribution in [2.75, 3.05) is 11.1 Å². The van der Waals surface area contributed by atoms with Gasteiger partial charge >= 0.3 is 0 Å². The van der Waals surface area contributed by atoms with Gasteiger partial charge < -0.3 is 11.1 Å². The van der Waals surface area contributed by atoms with Gasteiger partial charge in [-0.3, -0.25) is 0 Å². The van der Waals surface area contributed by atoms with E-state index in [4.69, 9.17) is 5.73 Å². The fraction of sp³-hybridized carbons (Fsp3) is 0.200. The van der Waals surface area contributed by atoms with Crippen LogP contribution in [-0.2, 0) is 13.0 Å². The average Bonchev–Trinajstić information content (AvgIpc) is 2.41. The second-order valence-corrected chi connectivity index (χ2v) is 4.18. The summed E-state index contributed by atoms with van der Waals surface area (Å²) in [7, 11) is 0. The Morgan fingerprint density at radius 3 is 2.50 bits per heavy atom. The van der Waals surface area contributed by atoms with Crippen LogP contribution in [0.1, 0.15) is 18.1 Å². The third kappa shape index (κ3) is 2.62. The number of benzene rings is 2. The van der Waals surface area contributed by atoms with Crippen molar-refractivity contribution in [3.05, 3.63) is 59.4 Å². The van der Waals surface area contributed by atoms with Gasteiger partial charge in [0.2, 0.25) is 0 Å². The Hall–Kier alpha value is -2.03. The zero-order valence-corrected chi connectivity index (χ0v) is 10.4. The molecule has 0 amide bonds. The quantitative estimate of drug-likeness (QED) is 0.807. The molecule has 0 spiro atoms. The number of nitrogens with two attached hydrogens (primary N) is 1. The van der Waals surface area contributed by atoms with Crippen molar-refractivity contribution in [3.8, 4) is 0 Å². The molecule has 0 aliphatic carbocycles. The molecular formula is C15H17FN2. The number of hydrogen-bond acceptors (Lipinski definition) is 2. The van der Waals surface area contributed by atoms with E-state index in [-0.39, 0.29) is 11.5 Å². The van der Waals surface area contributed by atoms with Crippen molar-refractivity contribution in [2.45, 2.75) is 19.9 Å². The lowest BCUT2D eigenvalue weighted by Gasteiger charge is -2.12. The highest BCUT2D eigenvalue weighted by atomic mass is 19.1. The molecule has 0 aromatic heterocycles. The molecule has 2 nitrogen and oxygen atoms in total. The van der Waals surface area contributed by atoms with Gasteiger partial charge in [0.25, 0.3) is 0 Å². The molecule has 0 unspecified atom stereocenters. The molecule has 94 valence electrons. The van der Waals surface area contributed by atoms with Crippen LogP contribution in [0.4, 0.5) is 15.8 Å². The number of rotatable bonds is 4. The minimum atomic E-state index is -0.385. The van der Waals surface area contributed by atoms with Crippen LogP contribution >= 0.6 is 0 Å². The molecule has 0 saturated carbocycles. The summed E-state index contributed by atoms with van der Waals surface area (Å²) in [6, 6.07) is 13.0.